The van der Waals surface area contributed by atoms with E-state index in [1.807, 2.05) is 12.1 Å². The predicted molar refractivity (Wildman–Crippen MR) is 87.5 cm³/mol. The smallest absolute Gasteiger partial charge is 0.274 e. The Hall–Kier alpha value is -2.83. The van der Waals surface area contributed by atoms with Gasteiger partial charge in [0, 0.05) is 26.2 Å². The normalized spacial score (nSPS) is 13.4. The minimum atomic E-state index is -0.243. The van der Waals surface area contributed by atoms with Gasteiger partial charge in [0.1, 0.15) is 5.69 Å². The number of methoxy groups -OCH3 is 2. The van der Waals surface area contributed by atoms with Crippen molar-refractivity contribution in [2.75, 3.05) is 20.8 Å². The van der Waals surface area contributed by atoms with Gasteiger partial charge in [0.2, 0.25) is 0 Å². The fourth-order valence-corrected chi connectivity index (χ4v) is 2.83. The second kappa shape index (κ2) is 6.35. The maximum atomic E-state index is 12.6. The lowest BCUT2D eigenvalue weighted by molar-refractivity contribution is 0.0725. The highest BCUT2D eigenvalue weighted by Gasteiger charge is 2.24. The van der Waals surface area contributed by atoms with Gasteiger partial charge < -0.3 is 14.4 Å². The summed E-state index contributed by atoms with van der Waals surface area (Å²) < 4.78 is 11.8. The first-order valence-corrected chi connectivity index (χ1v) is 7.61. The molecule has 0 radical (unpaired) electrons. The molecule has 0 atom stereocenters. The highest BCUT2D eigenvalue weighted by molar-refractivity contribution is 5.92. The van der Waals surface area contributed by atoms with Crippen LogP contribution in [0.2, 0.25) is 0 Å². The summed E-state index contributed by atoms with van der Waals surface area (Å²) in [6.45, 7) is 1.06. The second-order valence-corrected chi connectivity index (χ2v) is 5.63. The summed E-state index contributed by atoms with van der Waals surface area (Å²) in [5, 5.41) is 4.03. The maximum absolute atomic E-state index is 12.6. The molecule has 0 saturated carbocycles. The number of aromatic nitrogens is 2. The van der Waals surface area contributed by atoms with Crippen LogP contribution in [0, 0.1) is 0 Å². The fourth-order valence-electron chi connectivity index (χ4n) is 2.83. The zero-order valence-corrected chi connectivity index (χ0v) is 13.9. The van der Waals surface area contributed by atoms with E-state index in [4.69, 9.17) is 9.47 Å². The second-order valence-electron chi connectivity index (χ2n) is 5.63. The molecule has 3 rings (SSSR count). The van der Waals surface area contributed by atoms with E-state index < -0.39 is 0 Å². The van der Waals surface area contributed by atoms with Crippen molar-refractivity contribution in [3.63, 3.8) is 0 Å². The number of carbonyl (C=O) groups excluding carboxylic acids is 1. The van der Waals surface area contributed by atoms with Crippen molar-refractivity contribution in [2.45, 2.75) is 13.0 Å². The van der Waals surface area contributed by atoms with Crippen LogP contribution in [-0.4, -0.2) is 41.4 Å². The topological polar surface area (TPSA) is 73.7 Å². The van der Waals surface area contributed by atoms with Gasteiger partial charge in [-0.3, -0.25) is 9.59 Å². The average molecular weight is 329 g/mol. The van der Waals surface area contributed by atoms with Crippen LogP contribution in [0.3, 0.4) is 0 Å². The van der Waals surface area contributed by atoms with Gasteiger partial charge in [0.25, 0.3) is 11.5 Å². The number of benzene rings is 1. The number of hydrogen-bond donors (Lipinski definition) is 0. The lowest BCUT2D eigenvalue weighted by atomic mass is 9.98. The standard InChI is InChI=1S/C17H19N3O4/c1-19-16(21)5-4-13(18-19)17(22)20-7-6-11-8-14(23-2)15(24-3)9-12(11)10-20/h4-5,8-9H,6-7,10H2,1-3H3. The number of rotatable bonds is 3. The Bertz CT molecular complexity index is 844. The van der Waals surface area contributed by atoms with E-state index in [2.05, 4.69) is 5.10 Å². The molecule has 0 aliphatic carbocycles. The molecule has 1 aromatic carbocycles. The van der Waals surface area contributed by atoms with Crippen LogP contribution in [0.5, 0.6) is 11.5 Å². The van der Waals surface area contributed by atoms with Crippen molar-refractivity contribution in [1.29, 1.82) is 0 Å². The number of hydrogen-bond acceptors (Lipinski definition) is 5. The first kappa shape index (κ1) is 16.0. The first-order valence-electron chi connectivity index (χ1n) is 7.61. The maximum Gasteiger partial charge on any atom is 0.274 e. The molecule has 1 aliphatic rings. The van der Waals surface area contributed by atoms with Crippen molar-refractivity contribution in [1.82, 2.24) is 14.7 Å². The Labute approximate surface area is 139 Å². The highest BCUT2D eigenvalue weighted by Crippen LogP contribution is 2.33. The number of amides is 1. The van der Waals surface area contributed by atoms with E-state index in [0.717, 1.165) is 17.5 Å². The van der Waals surface area contributed by atoms with Gasteiger partial charge >= 0.3 is 0 Å². The Balaban J connectivity index is 1.87. The van der Waals surface area contributed by atoms with Crippen molar-refractivity contribution < 1.29 is 14.3 Å². The number of fused-ring (bicyclic) bond motifs is 1. The van der Waals surface area contributed by atoms with Crippen LogP contribution in [-0.2, 0) is 20.0 Å². The molecule has 1 aromatic heterocycles. The van der Waals surface area contributed by atoms with E-state index in [1.54, 1.807) is 19.1 Å². The Morgan fingerprint density at radius 2 is 1.79 bits per heavy atom. The molecule has 7 heteroatoms. The summed E-state index contributed by atoms with van der Waals surface area (Å²) >= 11 is 0. The first-order chi connectivity index (χ1) is 11.5. The molecule has 0 bridgehead atoms. The van der Waals surface area contributed by atoms with E-state index in [-0.39, 0.29) is 17.2 Å². The summed E-state index contributed by atoms with van der Waals surface area (Å²) in [4.78, 5) is 25.8. The number of carbonyl (C=O) groups is 1. The van der Waals surface area contributed by atoms with Gasteiger partial charge in [0.15, 0.2) is 11.5 Å². The SMILES string of the molecule is COc1cc2c(cc1OC)CN(C(=O)c1ccc(=O)n(C)n1)CC2. The molecule has 0 spiro atoms. The zero-order valence-electron chi connectivity index (χ0n) is 13.9. The molecule has 2 aromatic rings. The number of ether oxygens (including phenoxy) is 2. The highest BCUT2D eigenvalue weighted by atomic mass is 16.5. The molecule has 0 fully saturated rings. The third kappa shape index (κ3) is 2.84. The summed E-state index contributed by atoms with van der Waals surface area (Å²) in [5.41, 5.74) is 2.19. The molecule has 0 N–H and O–H groups in total. The molecular weight excluding hydrogens is 310 g/mol. The van der Waals surface area contributed by atoms with Crippen LogP contribution >= 0.6 is 0 Å². The van der Waals surface area contributed by atoms with Crippen molar-refractivity contribution in [2.24, 2.45) is 7.05 Å². The monoisotopic (exact) mass is 329 g/mol. The molecule has 1 amide bonds. The van der Waals surface area contributed by atoms with Crippen LogP contribution in [0.4, 0.5) is 0 Å². The van der Waals surface area contributed by atoms with E-state index in [0.29, 0.717) is 24.6 Å². The van der Waals surface area contributed by atoms with Crippen LogP contribution in [0.25, 0.3) is 0 Å². The third-order valence-electron chi connectivity index (χ3n) is 4.18. The molecule has 7 nitrogen and oxygen atoms in total. The predicted octanol–water partition coefficient (Wildman–Crippen LogP) is 0.996. The van der Waals surface area contributed by atoms with Gasteiger partial charge in [-0.05, 0) is 35.7 Å². The Morgan fingerprint density at radius 3 is 2.42 bits per heavy atom. The summed E-state index contributed by atoms with van der Waals surface area (Å²) in [5.74, 6) is 1.15. The van der Waals surface area contributed by atoms with Crippen molar-refractivity contribution >= 4 is 5.91 Å². The van der Waals surface area contributed by atoms with Gasteiger partial charge in [0.05, 0.1) is 14.2 Å². The number of nitrogens with zero attached hydrogens (tertiary/aromatic N) is 3. The summed E-state index contributed by atoms with van der Waals surface area (Å²) in [6, 6.07) is 6.68. The Morgan fingerprint density at radius 1 is 1.12 bits per heavy atom. The molecule has 0 unspecified atom stereocenters. The summed E-state index contributed by atoms with van der Waals surface area (Å²) in [6.07, 6.45) is 0.729. The third-order valence-corrected chi connectivity index (χ3v) is 4.18. The quantitative estimate of drug-likeness (QED) is 0.840. The Kier molecular flexibility index (Phi) is 4.24. The fraction of sp³-hybridized carbons (Fsp3) is 0.353. The zero-order chi connectivity index (χ0) is 17.3. The minimum Gasteiger partial charge on any atom is -0.493 e. The van der Waals surface area contributed by atoms with Gasteiger partial charge in [-0.15, -0.1) is 0 Å². The largest absolute Gasteiger partial charge is 0.493 e. The lowest BCUT2D eigenvalue weighted by Gasteiger charge is -2.29. The molecule has 2 heterocycles. The van der Waals surface area contributed by atoms with Crippen LogP contribution in [0.1, 0.15) is 21.6 Å². The number of aryl methyl sites for hydroxylation is 1. The van der Waals surface area contributed by atoms with E-state index in [9.17, 15) is 9.59 Å². The molecule has 0 saturated heterocycles. The molecule has 24 heavy (non-hydrogen) atoms. The van der Waals surface area contributed by atoms with Crippen LogP contribution < -0.4 is 15.0 Å². The minimum absolute atomic E-state index is 0.189. The van der Waals surface area contributed by atoms with E-state index >= 15 is 0 Å². The molecule has 126 valence electrons. The summed E-state index contributed by atoms with van der Waals surface area (Å²) in [7, 11) is 4.72. The molecular formula is C17H19N3O4. The molecule has 1 aliphatic heterocycles. The lowest BCUT2D eigenvalue weighted by Crippen LogP contribution is -2.37. The van der Waals surface area contributed by atoms with Crippen molar-refractivity contribution in [3.8, 4) is 11.5 Å². The van der Waals surface area contributed by atoms with E-state index in [1.165, 1.54) is 23.9 Å². The van der Waals surface area contributed by atoms with Crippen molar-refractivity contribution in [3.05, 3.63) is 51.4 Å². The average Bonchev–Trinajstić information content (AvgIpc) is 2.61. The van der Waals surface area contributed by atoms with Crippen LogP contribution in [0.15, 0.2) is 29.1 Å². The van der Waals surface area contributed by atoms with Gasteiger partial charge in [-0.2, -0.15) is 5.10 Å². The van der Waals surface area contributed by atoms with Gasteiger partial charge in [-0.1, -0.05) is 0 Å². The van der Waals surface area contributed by atoms with Gasteiger partial charge in [-0.25, -0.2) is 4.68 Å².